The van der Waals surface area contributed by atoms with Crippen molar-refractivity contribution in [1.82, 2.24) is 9.55 Å². The summed E-state index contributed by atoms with van der Waals surface area (Å²) in [5, 5.41) is 0. The average molecular weight is 314 g/mol. The number of aromatic nitrogens is 2. The second kappa shape index (κ2) is 7.13. The fourth-order valence-corrected chi connectivity index (χ4v) is 2.50. The van der Waals surface area contributed by atoms with Crippen LogP contribution >= 0.6 is 0 Å². The first kappa shape index (κ1) is 16.8. The van der Waals surface area contributed by atoms with Gasteiger partial charge in [-0.2, -0.15) is 0 Å². The van der Waals surface area contributed by atoms with Crippen LogP contribution in [0.4, 0.5) is 0 Å². The number of nitrogens with zero attached hydrogens (tertiary/aromatic N) is 1. The molecule has 0 bridgehead atoms. The van der Waals surface area contributed by atoms with Crippen LogP contribution in [0.3, 0.4) is 0 Å². The molecule has 0 radical (unpaired) electrons. The molecule has 1 N–H and O–H groups in total. The van der Waals surface area contributed by atoms with E-state index in [4.69, 9.17) is 4.74 Å². The van der Waals surface area contributed by atoms with Gasteiger partial charge in [0.1, 0.15) is 5.75 Å². The van der Waals surface area contributed by atoms with E-state index in [1.165, 1.54) is 4.57 Å². The van der Waals surface area contributed by atoms with Gasteiger partial charge in [-0.05, 0) is 50.5 Å². The van der Waals surface area contributed by atoms with Crippen LogP contribution < -0.4 is 16.0 Å². The molecule has 23 heavy (non-hydrogen) atoms. The van der Waals surface area contributed by atoms with E-state index < -0.39 is 11.2 Å². The fourth-order valence-electron chi connectivity index (χ4n) is 2.50. The summed E-state index contributed by atoms with van der Waals surface area (Å²) in [5.74, 6) is 0.931. The van der Waals surface area contributed by atoms with Crippen LogP contribution in [0.1, 0.15) is 30.5 Å². The number of H-pyrrole nitrogens is 1. The lowest BCUT2D eigenvalue weighted by atomic mass is 10.1. The molecule has 2 rings (SSSR count). The molecule has 0 amide bonds. The Morgan fingerprint density at radius 3 is 2.39 bits per heavy atom. The SMILES string of the molecule is CC=CCn1c(Oc2cc(C)cc(C)c2)c(CC)c(=O)[nH]c1=O. The van der Waals surface area contributed by atoms with E-state index in [1.807, 2.05) is 58.0 Å². The number of allylic oxidation sites excluding steroid dienone is 2. The molecule has 1 aromatic carbocycles. The Balaban J connectivity index is 2.62. The number of hydrogen-bond donors (Lipinski definition) is 1. The Morgan fingerprint density at radius 1 is 1.17 bits per heavy atom. The molecule has 5 heteroatoms. The van der Waals surface area contributed by atoms with Gasteiger partial charge in [-0.15, -0.1) is 0 Å². The molecular weight excluding hydrogens is 292 g/mol. The number of aryl methyl sites for hydroxylation is 2. The van der Waals surface area contributed by atoms with Crippen LogP contribution in [-0.2, 0) is 13.0 Å². The van der Waals surface area contributed by atoms with Gasteiger partial charge in [0.15, 0.2) is 0 Å². The Labute approximate surface area is 135 Å². The fraction of sp³-hybridized carbons (Fsp3) is 0.333. The number of hydrogen-bond acceptors (Lipinski definition) is 3. The maximum Gasteiger partial charge on any atom is 0.331 e. The first-order chi connectivity index (χ1) is 11.0. The summed E-state index contributed by atoms with van der Waals surface area (Å²) in [7, 11) is 0. The van der Waals surface area contributed by atoms with Crippen LogP contribution in [0.25, 0.3) is 0 Å². The van der Waals surface area contributed by atoms with Crippen molar-refractivity contribution in [3.05, 3.63) is 67.9 Å². The van der Waals surface area contributed by atoms with Crippen molar-refractivity contribution in [3.8, 4) is 11.6 Å². The normalized spacial score (nSPS) is 11.1. The summed E-state index contributed by atoms with van der Waals surface area (Å²) in [5.41, 5.74) is 1.72. The van der Waals surface area contributed by atoms with Gasteiger partial charge in [-0.3, -0.25) is 14.3 Å². The lowest BCUT2D eigenvalue weighted by Gasteiger charge is -2.15. The van der Waals surface area contributed by atoms with E-state index in [9.17, 15) is 9.59 Å². The summed E-state index contributed by atoms with van der Waals surface area (Å²) >= 11 is 0. The molecule has 0 atom stereocenters. The molecule has 5 nitrogen and oxygen atoms in total. The Morgan fingerprint density at radius 2 is 1.83 bits per heavy atom. The quantitative estimate of drug-likeness (QED) is 0.863. The van der Waals surface area contributed by atoms with Crippen molar-refractivity contribution in [2.24, 2.45) is 0 Å². The van der Waals surface area contributed by atoms with Crippen molar-refractivity contribution in [1.29, 1.82) is 0 Å². The molecule has 0 aliphatic carbocycles. The zero-order valence-corrected chi connectivity index (χ0v) is 14.0. The second-order valence-corrected chi connectivity index (χ2v) is 5.50. The zero-order valence-electron chi connectivity index (χ0n) is 14.0. The topological polar surface area (TPSA) is 64.1 Å². The van der Waals surface area contributed by atoms with Gasteiger partial charge in [0, 0.05) is 6.54 Å². The maximum atomic E-state index is 12.2. The van der Waals surface area contributed by atoms with Crippen LogP contribution in [-0.4, -0.2) is 9.55 Å². The highest BCUT2D eigenvalue weighted by atomic mass is 16.5. The summed E-state index contributed by atoms with van der Waals surface area (Å²) in [6, 6.07) is 5.81. The summed E-state index contributed by atoms with van der Waals surface area (Å²) in [4.78, 5) is 26.6. The Hall–Kier alpha value is -2.56. The Bertz CT molecular complexity index is 824. The zero-order chi connectivity index (χ0) is 17.0. The van der Waals surface area contributed by atoms with Gasteiger partial charge in [0.25, 0.3) is 5.56 Å². The average Bonchev–Trinajstić information content (AvgIpc) is 2.46. The van der Waals surface area contributed by atoms with Crippen molar-refractivity contribution in [2.45, 2.75) is 40.7 Å². The second-order valence-electron chi connectivity index (χ2n) is 5.50. The minimum Gasteiger partial charge on any atom is -0.440 e. The lowest BCUT2D eigenvalue weighted by molar-refractivity contribution is 0.415. The van der Waals surface area contributed by atoms with Crippen molar-refractivity contribution in [2.75, 3.05) is 0 Å². The van der Waals surface area contributed by atoms with Crippen LogP contribution in [0.5, 0.6) is 11.6 Å². The highest BCUT2D eigenvalue weighted by Crippen LogP contribution is 2.25. The van der Waals surface area contributed by atoms with E-state index in [0.717, 1.165) is 11.1 Å². The highest BCUT2D eigenvalue weighted by Gasteiger charge is 2.15. The number of ether oxygens (including phenoxy) is 1. The number of rotatable bonds is 5. The van der Waals surface area contributed by atoms with E-state index in [0.29, 0.717) is 30.2 Å². The number of benzene rings is 1. The predicted molar refractivity (Wildman–Crippen MR) is 91.5 cm³/mol. The number of nitrogens with one attached hydrogen (secondary N) is 1. The number of aromatic amines is 1. The molecule has 0 aliphatic rings. The monoisotopic (exact) mass is 314 g/mol. The molecule has 122 valence electrons. The third-order valence-electron chi connectivity index (χ3n) is 3.53. The highest BCUT2D eigenvalue weighted by molar-refractivity contribution is 5.37. The predicted octanol–water partition coefficient (Wildman–Crippen LogP) is 3.08. The minimum absolute atomic E-state index is 0.310. The molecule has 0 saturated heterocycles. The Kier molecular flexibility index (Phi) is 5.21. The van der Waals surface area contributed by atoms with Crippen molar-refractivity contribution < 1.29 is 4.74 Å². The van der Waals surface area contributed by atoms with Gasteiger partial charge in [0.05, 0.1) is 5.56 Å². The van der Waals surface area contributed by atoms with Crippen LogP contribution in [0.15, 0.2) is 39.9 Å². The van der Waals surface area contributed by atoms with Crippen LogP contribution in [0.2, 0.25) is 0 Å². The maximum absolute atomic E-state index is 12.2. The summed E-state index contributed by atoms with van der Waals surface area (Å²) in [6.07, 6.45) is 4.17. The lowest BCUT2D eigenvalue weighted by Crippen LogP contribution is -2.33. The van der Waals surface area contributed by atoms with Gasteiger partial charge < -0.3 is 4.74 Å². The molecule has 1 heterocycles. The van der Waals surface area contributed by atoms with E-state index in [-0.39, 0.29) is 0 Å². The van der Waals surface area contributed by atoms with E-state index in [1.54, 1.807) is 0 Å². The van der Waals surface area contributed by atoms with Crippen molar-refractivity contribution >= 4 is 0 Å². The molecule has 0 aliphatic heterocycles. The van der Waals surface area contributed by atoms with Crippen LogP contribution in [0, 0.1) is 13.8 Å². The molecule has 0 fully saturated rings. The van der Waals surface area contributed by atoms with E-state index in [2.05, 4.69) is 4.98 Å². The third-order valence-corrected chi connectivity index (χ3v) is 3.53. The smallest absolute Gasteiger partial charge is 0.331 e. The third kappa shape index (κ3) is 3.80. The van der Waals surface area contributed by atoms with Gasteiger partial charge in [-0.25, -0.2) is 4.79 Å². The minimum atomic E-state index is -0.468. The molecular formula is C18H22N2O3. The molecule has 1 aromatic heterocycles. The largest absolute Gasteiger partial charge is 0.440 e. The van der Waals surface area contributed by atoms with Gasteiger partial charge >= 0.3 is 5.69 Å². The summed E-state index contributed by atoms with van der Waals surface area (Å²) < 4.78 is 7.40. The molecule has 0 spiro atoms. The van der Waals surface area contributed by atoms with Crippen molar-refractivity contribution in [3.63, 3.8) is 0 Å². The molecule has 0 unspecified atom stereocenters. The summed E-state index contributed by atoms with van der Waals surface area (Å²) in [6.45, 7) is 8.04. The molecule has 2 aromatic rings. The van der Waals surface area contributed by atoms with Gasteiger partial charge in [0.2, 0.25) is 5.88 Å². The molecule has 0 saturated carbocycles. The van der Waals surface area contributed by atoms with Gasteiger partial charge in [-0.1, -0.05) is 25.1 Å². The first-order valence-corrected chi connectivity index (χ1v) is 7.69. The standard InChI is InChI=1S/C18H22N2O3/c1-5-7-8-20-17(15(6-2)16(21)19-18(20)22)23-14-10-12(3)9-13(4)11-14/h5,7,9-11H,6,8H2,1-4H3,(H,19,21,22). The van der Waals surface area contributed by atoms with E-state index >= 15 is 0 Å². The first-order valence-electron chi connectivity index (χ1n) is 7.69.